The van der Waals surface area contributed by atoms with E-state index in [-0.39, 0.29) is 18.4 Å². The number of carbonyl (C=O) groups is 2. The summed E-state index contributed by atoms with van der Waals surface area (Å²) in [5.74, 6) is 0.0223. The second-order valence-corrected chi connectivity index (χ2v) is 9.07. The number of amides is 2. The molecule has 1 aliphatic rings. The molecule has 6 rings (SSSR count). The van der Waals surface area contributed by atoms with Crippen molar-refractivity contribution in [2.45, 2.75) is 6.04 Å². The second-order valence-electron chi connectivity index (χ2n) is 9.07. The van der Waals surface area contributed by atoms with Crippen LogP contribution in [0.2, 0.25) is 0 Å². The van der Waals surface area contributed by atoms with Gasteiger partial charge in [0.25, 0.3) is 11.8 Å². The highest BCUT2D eigenvalue weighted by atomic mass is 16.5. The molecule has 2 heterocycles. The number of hydrogen-bond acceptors (Lipinski definition) is 3. The number of para-hydroxylation sites is 3. The molecule has 0 fully saturated rings. The third kappa shape index (κ3) is 4.12. The molecule has 5 aromatic rings. The molecule has 37 heavy (non-hydrogen) atoms. The van der Waals surface area contributed by atoms with Crippen molar-refractivity contribution in [3.05, 3.63) is 109 Å². The average molecular weight is 488 g/mol. The number of hydrogen-bond donors (Lipinski definition) is 2. The Labute approximate surface area is 214 Å². The van der Waals surface area contributed by atoms with Crippen LogP contribution in [-0.4, -0.2) is 36.5 Å². The minimum atomic E-state index is -0.811. The van der Waals surface area contributed by atoms with Crippen molar-refractivity contribution in [3.63, 3.8) is 0 Å². The predicted molar refractivity (Wildman–Crippen MR) is 146 cm³/mol. The summed E-state index contributed by atoms with van der Waals surface area (Å²) in [5.41, 5.74) is 6.23. The Kier molecular flexibility index (Phi) is 5.69. The van der Waals surface area contributed by atoms with Crippen LogP contribution in [0, 0.1) is 0 Å². The van der Waals surface area contributed by atoms with Crippen LogP contribution in [0.25, 0.3) is 33.2 Å². The van der Waals surface area contributed by atoms with Crippen molar-refractivity contribution in [1.29, 1.82) is 0 Å². The zero-order valence-corrected chi connectivity index (χ0v) is 20.3. The Morgan fingerprint density at radius 3 is 2.41 bits per heavy atom. The zero-order chi connectivity index (χ0) is 25.4. The largest absolute Gasteiger partial charge is 0.489 e. The fourth-order valence-electron chi connectivity index (χ4n) is 4.88. The molecule has 0 saturated heterocycles. The zero-order valence-electron chi connectivity index (χ0n) is 20.3. The summed E-state index contributed by atoms with van der Waals surface area (Å²) in [6.45, 7) is 0.0574. The van der Waals surface area contributed by atoms with Gasteiger partial charge in [-0.1, -0.05) is 84.9 Å². The van der Waals surface area contributed by atoms with E-state index in [1.807, 2.05) is 72.8 Å². The number of nitrogens with one attached hydrogen (secondary N) is 2. The van der Waals surface area contributed by atoms with Crippen LogP contribution in [0.3, 0.4) is 0 Å². The lowest BCUT2D eigenvalue weighted by molar-refractivity contribution is -0.120. The number of benzene rings is 4. The number of rotatable bonds is 4. The average Bonchev–Trinajstić information content (AvgIpc) is 3.35. The van der Waals surface area contributed by atoms with E-state index in [1.54, 1.807) is 7.05 Å². The van der Waals surface area contributed by atoms with E-state index in [0.29, 0.717) is 17.1 Å². The molecule has 0 spiro atoms. The lowest BCUT2D eigenvalue weighted by atomic mass is 9.93. The van der Waals surface area contributed by atoms with Crippen molar-refractivity contribution in [2.24, 2.45) is 0 Å². The highest BCUT2D eigenvalue weighted by Crippen LogP contribution is 2.36. The summed E-state index contributed by atoms with van der Waals surface area (Å²) in [5, 5.41) is 3.78. The SMILES string of the molecule is CN1C(=O)[C@@H](NC(=O)c2cc3cccc(-c4ccccc4-c4ccccc4)c3[nH]2)COc2ccccc21. The van der Waals surface area contributed by atoms with E-state index in [1.165, 1.54) is 4.90 Å². The molecule has 0 unspecified atom stereocenters. The number of anilines is 1. The van der Waals surface area contributed by atoms with E-state index in [2.05, 4.69) is 40.6 Å². The van der Waals surface area contributed by atoms with Crippen molar-refractivity contribution in [3.8, 4) is 28.0 Å². The van der Waals surface area contributed by atoms with Gasteiger partial charge in [-0.2, -0.15) is 0 Å². The first-order valence-corrected chi connectivity index (χ1v) is 12.2. The van der Waals surface area contributed by atoms with Crippen LogP contribution in [-0.2, 0) is 4.79 Å². The minimum absolute atomic E-state index is 0.0574. The van der Waals surface area contributed by atoms with Crippen molar-refractivity contribution in [1.82, 2.24) is 10.3 Å². The first-order chi connectivity index (χ1) is 18.1. The van der Waals surface area contributed by atoms with Gasteiger partial charge < -0.3 is 19.9 Å². The van der Waals surface area contributed by atoms with Gasteiger partial charge in [0.15, 0.2) is 0 Å². The summed E-state index contributed by atoms with van der Waals surface area (Å²) in [6, 6.07) is 32.8. The fraction of sp³-hybridized carbons (Fsp3) is 0.0968. The molecular weight excluding hydrogens is 462 g/mol. The number of ether oxygens (including phenoxy) is 1. The Balaban J connectivity index is 1.32. The maximum atomic E-state index is 13.3. The summed E-state index contributed by atoms with van der Waals surface area (Å²) < 4.78 is 5.84. The smallest absolute Gasteiger partial charge is 0.268 e. The third-order valence-corrected chi connectivity index (χ3v) is 6.77. The minimum Gasteiger partial charge on any atom is -0.489 e. The van der Waals surface area contributed by atoms with Gasteiger partial charge in [-0.25, -0.2) is 0 Å². The van der Waals surface area contributed by atoms with E-state index in [0.717, 1.165) is 33.2 Å². The maximum absolute atomic E-state index is 13.3. The standard InChI is InChI=1S/C31H25N3O3/c1-34-27-16-7-8-17-28(27)37-19-26(31(34)36)33-30(35)25-18-21-12-9-15-24(29(21)32-25)23-14-6-5-13-22(23)20-10-3-2-4-11-20/h2-18,26,32H,19H2,1H3,(H,33,35)/t26-/m0/s1. The number of aromatic nitrogens is 1. The van der Waals surface area contributed by atoms with Gasteiger partial charge in [-0.3, -0.25) is 9.59 Å². The maximum Gasteiger partial charge on any atom is 0.268 e. The molecule has 6 nitrogen and oxygen atoms in total. The molecule has 6 heteroatoms. The van der Waals surface area contributed by atoms with Crippen molar-refractivity contribution >= 4 is 28.4 Å². The van der Waals surface area contributed by atoms with Crippen LogP contribution < -0.4 is 15.0 Å². The van der Waals surface area contributed by atoms with Crippen LogP contribution in [0.5, 0.6) is 5.75 Å². The Morgan fingerprint density at radius 1 is 0.865 bits per heavy atom. The van der Waals surface area contributed by atoms with Gasteiger partial charge in [-0.05, 0) is 34.9 Å². The van der Waals surface area contributed by atoms with Gasteiger partial charge in [0.1, 0.15) is 24.1 Å². The molecule has 1 aliphatic heterocycles. The Morgan fingerprint density at radius 2 is 1.57 bits per heavy atom. The first kappa shape index (κ1) is 22.6. The second kappa shape index (κ2) is 9.32. The normalized spacial score (nSPS) is 15.1. The van der Waals surface area contributed by atoms with Crippen LogP contribution >= 0.6 is 0 Å². The summed E-state index contributed by atoms with van der Waals surface area (Å²) in [7, 11) is 1.69. The quantitative estimate of drug-likeness (QED) is 0.344. The summed E-state index contributed by atoms with van der Waals surface area (Å²) >= 11 is 0. The van der Waals surface area contributed by atoms with E-state index >= 15 is 0 Å². The van der Waals surface area contributed by atoms with E-state index < -0.39 is 6.04 Å². The van der Waals surface area contributed by atoms with Gasteiger partial charge in [0.05, 0.1) is 11.2 Å². The van der Waals surface area contributed by atoms with E-state index in [9.17, 15) is 9.59 Å². The number of aromatic amines is 1. The van der Waals surface area contributed by atoms with Gasteiger partial charge in [-0.15, -0.1) is 0 Å². The molecule has 0 radical (unpaired) electrons. The monoisotopic (exact) mass is 487 g/mol. The number of nitrogens with zero attached hydrogens (tertiary/aromatic N) is 1. The number of carbonyl (C=O) groups excluding carboxylic acids is 2. The Hall–Kier alpha value is -4.84. The lowest BCUT2D eigenvalue weighted by Gasteiger charge is -2.20. The van der Waals surface area contributed by atoms with Crippen LogP contribution in [0.15, 0.2) is 103 Å². The molecule has 0 aliphatic carbocycles. The first-order valence-electron chi connectivity index (χ1n) is 12.2. The van der Waals surface area contributed by atoms with E-state index in [4.69, 9.17) is 4.74 Å². The molecule has 4 aromatic carbocycles. The topological polar surface area (TPSA) is 74.4 Å². The van der Waals surface area contributed by atoms with Gasteiger partial charge in [0, 0.05) is 18.0 Å². The van der Waals surface area contributed by atoms with Crippen molar-refractivity contribution < 1.29 is 14.3 Å². The number of H-pyrrole nitrogens is 1. The molecular formula is C31H25N3O3. The van der Waals surface area contributed by atoms with Gasteiger partial charge in [0.2, 0.25) is 0 Å². The highest BCUT2D eigenvalue weighted by Gasteiger charge is 2.31. The fourth-order valence-corrected chi connectivity index (χ4v) is 4.88. The molecule has 2 N–H and O–H groups in total. The molecule has 2 amide bonds. The van der Waals surface area contributed by atoms with Crippen LogP contribution in [0.4, 0.5) is 5.69 Å². The highest BCUT2D eigenvalue weighted by molar-refractivity contribution is 6.06. The van der Waals surface area contributed by atoms with Gasteiger partial charge >= 0.3 is 0 Å². The molecule has 1 atom stereocenters. The van der Waals surface area contributed by atoms with Crippen molar-refractivity contribution in [2.75, 3.05) is 18.6 Å². The predicted octanol–water partition coefficient (Wildman–Crippen LogP) is 5.66. The number of fused-ring (bicyclic) bond motifs is 2. The Bertz CT molecular complexity index is 1620. The number of likely N-dealkylation sites (N-methyl/N-ethyl adjacent to an activating group) is 1. The summed E-state index contributed by atoms with van der Waals surface area (Å²) in [4.78, 5) is 31.2. The molecule has 1 aromatic heterocycles. The molecule has 0 saturated carbocycles. The van der Waals surface area contributed by atoms with Crippen LogP contribution in [0.1, 0.15) is 10.5 Å². The molecule has 0 bridgehead atoms. The third-order valence-electron chi connectivity index (χ3n) is 6.77. The summed E-state index contributed by atoms with van der Waals surface area (Å²) in [6.07, 6.45) is 0. The lowest BCUT2D eigenvalue weighted by Crippen LogP contribution is -2.49. The molecule has 182 valence electrons.